The van der Waals surface area contributed by atoms with Crippen molar-refractivity contribution in [3.8, 4) is 0 Å². The zero-order chi connectivity index (χ0) is 14.1. The average molecular weight is 271 g/mol. The second kappa shape index (κ2) is 8.38. The normalized spacial score (nSPS) is 19.5. The van der Waals surface area contributed by atoms with Crippen LogP contribution in [0.3, 0.4) is 0 Å². The second-order valence-electron chi connectivity index (χ2n) is 5.53. The molecule has 0 aromatic heterocycles. The summed E-state index contributed by atoms with van der Waals surface area (Å²) < 4.78 is 11.1. The maximum absolute atomic E-state index is 5.69. The van der Waals surface area contributed by atoms with Crippen LogP contribution in [0.15, 0.2) is 4.99 Å². The minimum Gasteiger partial charge on any atom is -0.381 e. The van der Waals surface area contributed by atoms with Crippen LogP contribution in [0.2, 0.25) is 0 Å². The fourth-order valence-corrected chi connectivity index (χ4v) is 2.14. The molecule has 1 fully saturated rings. The SMILES string of the molecule is CN=C(NCCC(C)C)NCC1(OC)CCOCC1. The molecule has 1 rings (SSSR count). The van der Waals surface area contributed by atoms with E-state index in [1.165, 1.54) is 0 Å². The molecule has 112 valence electrons. The van der Waals surface area contributed by atoms with Gasteiger partial charge < -0.3 is 20.1 Å². The van der Waals surface area contributed by atoms with E-state index in [-0.39, 0.29) is 5.60 Å². The Morgan fingerprint density at radius 2 is 2.00 bits per heavy atom. The summed E-state index contributed by atoms with van der Waals surface area (Å²) in [5, 5.41) is 6.70. The molecule has 0 amide bonds. The van der Waals surface area contributed by atoms with Crippen molar-refractivity contribution in [2.45, 2.75) is 38.7 Å². The van der Waals surface area contributed by atoms with Gasteiger partial charge in [0.25, 0.3) is 0 Å². The lowest BCUT2D eigenvalue weighted by atomic mass is 9.94. The lowest BCUT2D eigenvalue weighted by Crippen LogP contribution is -2.50. The van der Waals surface area contributed by atoms with Gasteiger partial charge in [0.1, 0.15) is 0 Å². The molecule has 1 heterocycles. The van der Waals surface area contributed by atoms with Gasteiger partial charge in [-0.05, 0) is 12.3 Å². The Bertz CT molecular complexity index is 274. The number of methoxy groups -OCH3 is 1. The van der Waals surface area contributed by atoms with Crippen molar-refractivity contribution < 1.29 is 9.47 Å². The van der Waals surface area contributed by atoms with E-state index in [4.69, 9.17) is 9.47 Å². The lowest BCUT2D eigenvalue weighted by molar-refractivity contribution is -0.0855. The molecule has 0 atom stereocenters. The molecule has 0 spiro atoms. The molecular formula is C14H29N3O2. The Hall–Kier alpha value is -0.810. The van der Waals surface area contributed by atoms with Crippen LogP contribution in [0.5, 0.6) is 0 Å². The van der Waals surface area contributed by atoms with Crippen molar-refractivity contribution in [3.05, 3.63) is 0 Å². The number of nitrogens with one attached hydrogen (secondary N) is 2. The zero-order valence-corrected chi connectivity index (χ0v) is 12.8. The maximum Gasteiger partial charge on any atom is 0.191 e. The first-order valence-corrected chi connectivity index (χ1v) is 7.19. The Morgan fingerprint density at radius 3 is 2.53 bits per heavy atom. The van der Waals surface area contributed by atoms with Crippen LogP contribution in [-0.2, 0) is 9.47 Å². The van der Waals surface area contributed by atoms with Crippen LogP contribution in [0.4, 0.5) is 0 Å². The van der Waals surface area contributed by atoms with E-state index in [9.17, 15) is 0 Å². The van der Waals surface area contributed by atoms with E-state index >= 15 is 0 Å². The van der Waals surface area contributed by atoms with E-state index in [1.807, 2.05) is 0 Å². The highest BCUT2D eigenvalue weighted by molar-refractivity contribution is 5.79. The monoisotopic (exact) mass is 271 g/mol. The van der Waals surface area contributed by atoms with E-state index in [2.05, 4.69) is 29.5 Å². The molecule has 5 heteroatoms. The van der Waals surface area contributed by atoms with Gasteiger partial charge in [-0.3, -0.25) is 4.99 Å². The largest absolute Gasteiger partial charge is 0.381 e. The van der Waals surface area contributed by atoms with Crippen molar-refractivity contribution >= 4 is 5.96 Å². The summed E-state index contributed by atoms with van der Waals surface area (Å²) >= 11 is 0. The topological polar surface area (TPSA) is 54.9 Å². The van der Waals surface area contributed by atoms with Gasteiger partial charge >= 0.3 is 0 Å². The number of aliphatic imine (C=N–C) groups is 1. The first kappa shape index (κ1) is 16.2. The van der Waals surface area contributed by atoms with Gasteiger partial charge in [-0.2, -0.15) is 0 Å². The first-order chi connectivity index (χ1) is 9.12. The van der Waals surface area contributed by atoms with Gasteiger partial charge in [-0.15, -0.1) is 0 Å². The van der Waals surface area contributed by atoms with Crippen LogP contribution in [0.1, 0.15) is 33.1 Å². The number of guanidine groups is 1. The van der Waals surface area contributed by atoms with Crippen LogP contribution in [0, 0.1) is 5.92 Å². The Morgan fingerprint density at radius 1 is 1.32 bits per heavy atom. The first-order valence-electron chi connectivity index (χ1n) is 7.19. The van der Waals surface area contributed by atoms with Crippen LogP contribution < -0.4 is 10.6 Å². The second-order valence-corrected chi connectivity index (χ2v) is 5.53. The third-order valence-electron chi connectivity index (χ3n) is 3.65. The molecule has 0 unspecified atom stereocenters. The summed E-state index contributed by atoms with van der Waals surface area (Å²) in [7, 11) is 3.58. The minimum atomic E-state index is -0.117. The molecule has 5 nitrogen and oxygen atoms in total. The van der Waals surface area contributed by atoms with E-state index in [1.54, 1.807) is 14.2 Å². The zero-order valence-electron chi connectivity index (χ0n) is 12.8. The summed E-state index contributed by atoms with van der Waals surface area (Å²) in [6.45, 7) is 7.71. The van der Waals surface area contributed by atoms with Crippen molar-refractivity contribution in [1.29, 1.82) is 0 Å². The van der Waals surface area contributed by atoms with Gasteiger partial charge in [-0.1, -0.05) is 13.8 Å². The highest BCUT2D eigenvalue weighted by atomic mass is 16.5. The molecule has 0 aromatic rings. The highest BCUT2D eigenvalue weighted by Crippen LogP contribution is 2.23. The van der Waals surface area contributed by atoms with Crippen molar-refractivity contribution in [2.75, 3.05) is 40.5 Å². The maximum atomic E-state index is 5.69. The molecule has 19 heavy (non-hydrogen) atoms. The summed E-state index contributed by atoms with van der Waals surface area (Å²) in [6.07, 6.45) is 3.00. The van der Waals surface area contributed by atoms with E-state index in [0.717, 1.165) is 51.5 Å². The van der Waals surface area contributed by atoms with Gasteiger partial charge in [0.05, 0.1) is 5.60 Å². The molecular weight excluding hydrogens is 242 g/mol. The van der Waals surface area contributed by atoms with Crippen molar-refractivity contribution in [1.82, 2.24) is 10.6 Å². The Balaban J connectivity index is 2.35. The standard InChI is InChI=1S/C14H29N3O2/c1-12(2)5-8-16-13(15-3)17-11-14(18-4)6-9-19-10-7-14/h12H,5-11H2,1-4H3,(H2,15,16,17). The van der Waals surface area contributed by atoms with Gasteiger partial charge in [0.15, 0.2) is 5.96 Å². The lowest BCUT2D eigenvalue weighted by Gasteiger charge is -2.36. The third-order valence-corrected chi connectivity index (χ3v) is 3.65. The van der Waals surface area contributed by atoms with Crippen LogP contribution in [-0.4, -0.2) is 52.0 Å². The Labute approximate surface area is 117 Å². The molecule has 0 saturated carbocycles. The summed E-state index contributed by atoms with van der Waals surface area (Å²) in [4.78, 5) is 4.24. The van der Waals surface area contributed by atoms with Crippen molar-refractivity contribution in [2.24, 2.45) is 10.9 Å². The number of rotatable bonds is 6. The number of nitrogens with zero attached hydrogens (tertiary/aromatic N) is 1. The van der Waals surface area contributed by atoms with Gasteiger partial charge in [-0.25, -0.2) is 0 Å². The summed E-state index contributed by atoms with van der Waals surface area (Å²) in [6, 6.07) is 0. The molecule has 0 radical (unpaired) electrons. The minimum absolute atomic E-state index is 0.117. The number of hydrogen-bond donors (Lipinski definition) is 2. The molecule has 0 aliphatic carbocycles. The fourth-order valence-electron chi connectivity index (χ4n) is 2.14. The fraction of sp³-hybridized carbons (Fsp3) is 0.929. The Kier molecular flexibility index (Phi) is 7.16. The third kappa shape index (κ3) is 5.78. The predicted octanol–water partition coefficient (Wildman–Crippen LogP) is 1.39. The molecule has 1 aliphatic rings. The van der Waals surface area contributed by atoms with Crippen LogP contribution in [0.25, 0.3) is 0 Å². The highest BCUT2D eigenvalue weighted by Gasteiger charge is 2.32. The van der Waals surface area contributed by atoms with Gasteiger partial charge in [0, 0.05) is 53.3 Å². The smallest absolute Gasteiger partial charge is 0.191 e. The van der Waals surface area contributed by atoms with E-state index in [0.29, 0.717) is 5.92 Å². The van der Waals surface area contributed by atoms with Crippen molar-refractivity contribution in [3.63, 3.8) is 0 Å². The van der Waals surface area contributed by atoms with Crippen LogP contribution >= 0.6 is 0 Å². The molecule has 0 aromatic carbocycles. The number of ether oxygens (including phenoxy) is 2. The molecule has 2 N–H and O–H groups in total. The van der Waals surface area contributed by atoms with Gasteiger partial charge in [0.2, 0.25) is 0 Å². The molecule has 1 saturated heterocycles. The quantitative estimate of drug-likeness (QED) is 0.566. The average Bonchev–Trinajstić information content (AvgIpc) is 2.43. The molecule has 0 bridgehead atoms. The van der Waals surface area contributed by atoms with E-state index < -0.39 is 0 Å². The summed E-state index contributed by atoms with van der Waals surface area (Å²) in [5.41, 5.74) is -0.117. The molecule has 1 aliphatic heterocycles. The predicted molar refractivity (Wildman–Crippen MR) is 78.6 cm³/mol. The summed E-state index contributed by atoms with van der Waals surface area (Å²) in [5.74, 6) is 1.55. The number of hydrogen-bond acceptors (Lipinski definition) is 3.